The van der Waals surface area contributed by atoms with E-state index in [2.05, 4.69) is 0 Å². The van der Waals surface area contributed by atoms with Crippen molar-refractivity contribution in [3.05, 3.63) is 58.6 Å². The van der Waals surface area contributed by atoms with Gasteiger partial charge in [-0.2, -0.15) is 0 Å². The number of rotatable bonds is 5. The fourth-order valence-corrected chi connectivity index (χ4v) is 2.37. The summed E-state index contributed by atoms with van der Waals surface area (Å²) in [6.07, 6.45) is 0.140. The van der Waals surface area contributed by atoms with E-state index in [1.165, 1.54) is 12.1 Å². The van der Waals surface area contributed by atoms with E-state index < -0.39 is 18.0 Å². The average Bonchev–Trinajstić information content (AvgIpc) is 2.46. The molecular formula is C16H14ClNO4. The number of carboxylic acids is 2. The third-order valence-electron chi connectivity index (χ3n) is 3.17. The van der Waals surface area contributed by atoms with Gasteiger partial charge in [0.15, 0.2) is 0 Å². The molecule has 2 rings (SSSR count). The van der Waals surface area contributed by atoms with Crippen LogP contribution in [0.5, 0.6) is 0 Å². The summed E-state index contributed by atoms with van der Waals surface area (Å²) in [5.41, 5.74) is 7.78. The molecule has 2 aromatic rings. The van der Waals surface area contributed by atoms with Crippen LogP contribution < -0.4 is 5.73 Å². The maximum atomic E-state index is 11.0. The molecule has 0 fully saturated rings. The molecule has 22 heavy (non-hydrogen) atoms. The number of hydrogen-bond acceptors (Lipinski definition) is 3. The smallest absolute Gasteiger partial charge is 0.335 e. The Morgan fingerprint density at radius 2 is 1.82 bits per heavy atom. The number of carboxylic acid groups (broad SMARTS) is 2. The Labute approximate surface area is 132 Å². The molecule has 0 radical (unpaired) electrons. The third-order valence-corrected chi connectivity index (χ3v) is 3.39. The first-order chi connectivity index (χ1) is 10.4. The van der Waals surface area contributed by atoms with Crippen LogP contribution in [-0.2, 0) is 11.2 Å². The second-order valence-corrected chi connectivity index (χ2v) is 5.32. The van der Waals surface area contributed by atoms with Gasteiger partial charge < -0.3 is 15.9 Å². The van der Waals surface area contributed by atoms with Crippen molar-refractivity contribution in [3.8, 4) is 11.1 Å². The standard InChI is InChI=1S/C16H14ClNO4/c17-13-5-9(6-14(18)16(21)22)4-12(8-13)10-2-1-3-11(7-10)15(19)20/h1-5,7-8,14H,6,18H2,(H,19,20)(H,21,22). The van der Waals surface area contributed by atoms with E-state index in [-0.39, 0.29) is 12.0 Å². The number of aromatic carboxylic acids is 1. The van der Waals surface area contributed by atoms with Crippen molar-refractivity contribution >= 4 is 23.5 Å². The van der Waals surface area contributed by atoms with Gasteiger partial charge in [-0.25, -0.2) is 4.79 Å². The van der Waals surface area contributed by atoms with Crippen LogP contribution in [0.1, 0.15) is 15.9 Å². The number of carbonyl (C=O) groups is 2. The van der Waals surface area contributed by atoms with E-state index in [9.17, 15) is 9.59 Å². The Hall–Kier alpha value is -2.37. The maximum absolute atomic E-state index is 11.0. The summed E-state index contributed by atoms with van der Waals surface area (Å²) in [6, 6.07) is 10.5. The molecule has 0 spiro atoms. The highest BCUT2D eigenvalue weighted by Gasteiger charge is 2.13. The molecule has 0 bridgehead atoms. The van der Waals surface area contributed by atoms with Crippen LogP contribution in [0.3, 0.4) is 0 Å². The molecule has 0 saturated carbocycles. The number of hydrogen-bond donors (Lipinski definition) is 3. The Kier molecular flexibility index (Phi) is 4.80. The Balaban J connectivity index is 2.39. The fraction of sp³-hybridized carbons (Fsp3) is 0.125. The minimum Gasteiger partial charge on any atom is -0.480 e. The molecule has 0 saturated heterocycles. The zero-order valence-electron chi connectivity index (χ0n) is 11.5. The number of benzene rings is 2. The van der Waals surface area contributed by atoms with Crippen LogP contribution in [0.15, 0.2) is 42.5 Å². The molecule has 114 valence electrons. The summed E-state index contributed by atoms with van der Waals surface area (Å²) in [4.78, 5) is 21.9. The van der Waals surface area contributed by atoms with Gasteiger partial charge in [0.1, 0.15) is 6.04 Å². The van der Waals surface area contributed by atoms with Crippen molar-refractivity contribution in [2.45, 2.75) is 12.5 Å². The lowest BCUT2D eigenvalue weighted by Gasteiger charge is -2.10. The second-order valence-electron chi connectivity index (χ2n) is 4.88. The highest BCUT2D eigenvalue weighted by atomic mass is 35.5. The molecule has 0 aliphatic heterocycles. The molecule has 4 N–H and O–H groups in total. The van der Waals surface area contributed by atoms with Crippen molar-refractivity contribution < 1.29 is 19.8 Å². The quantitative estimate of drug-likeness (QED) is 0.786. The predicted octanol–water partition coefficient (Wildman–Crippen LogP) is 2.66. The summed E-state index contributed by atoms with van der Waals surface area (Å²) in [6.45, 7) is 0. The average molecular weight is 320 g/mol. The van der Waals surface area contributed by atoms with Gasteiger partial charge in [-0.05, 0) is 47.4 Å². The van der Waals surface area contributed by atoms with E-state index in [1.54, 1.807) is 30.3 Å². The molecule has 1 atom stereocenters. The van der Waals surface area contributed by atoms with Crippen molar-refractivity contribution in [1.29, 1.82) is 0 Å². The molecule has 2 aromatic carbocycles. The van der Waals surface area contributed by atoms with Gasteiger partial charge in [0, 0.05) is 5.02 Å². The Morgan fingerprint density at radius 3 is 2.45 bits per heavy atom. The van der Waals surface area contributed by atoms with E-state index in [4.69, 9.17) is 27.5 Å². The molecule has 0 aromatic heterocycles. The maximum Gasteiger partial charge on any atom is 0.335 e. The highest BCUT2D eigenvalue weighted by molar-refractivity contribution is 6.31. The number of nitrogens with two attached hydrogens (primary N) is 1. The minimum atomic E-state index is -1.09. The molecule has 0 aliphatic rings. The lowest BCUT2D eigenvalue weighted by atomic mass is 9.98. The fourth-order valence-electron chi connectivity index (χ4n) is 2.11. The van der Waals surface area contributed by atoms with Gasteiger partial charge in [-0.15, -0.1) is 0 Å². The predicted molar refractivity (Wildman–Crippen MR) is 83.2 cm³/mol. The Morgan fingerprint density at radius 1 is 1.09 bits per heavy atom. The van der Waals surface area contributed by atoms with Crippen molar-refractivity contribution in [3.63, 3.8) is 0 Å². The van der Waals surface area contributed by atoms with Gasteiger partial charge in [-0.1, -0.05) is 29.8 Å². The number of halogens is 1. The summed E-state index contributed by atoms with van der Waals surface area (Å²) in [5.74, 6) is -2.11. The van der Waals surface area contributed by atoms with E-state index >= 15 is 0 Å². The minimum absolute atomic E-state index is 0.140. The van der Waals surface area contributed by atoms with Crippen molar-refractivity contribution in [2.75, 3.05) is 0 Å². The molecule has 6 heteroatoms. The first-order valence-corrected chi connectivity index (χ1v) is 6.86. The zero-order valence-corrected chi connectivity index (χ0v) is 12.2. The van der Waals surface area contributed by atoms with Gasteiger partial charge in [0.2, 0.25) is 0 Å². The lowest BCUT2D eigenvalue weighted by Crippen LogP contribution is -2.32. The van der Waals surface area contributed by atoms with Gasteiger partial charge in [-0.3, -0.25) is 4.79 Å². The van der Waals surface area contributed by atoms with Gasteiger partial charge >= 0.3 is 11.9 Å². The van der Waals surface area contributed by atoms with Gasteiger partial charge in [0.05, 0.1) is 5.56 Å². The second kappa shape index (κ2) is 6.60. The lowest BCUT2D eigenvalue weighted by molar-refractivity contribution is -0.138. The SMILES string of the molecule is NC(Cc1cc(Cl)cc(-c2cccc(C(=O)O)c2)c1)C(=O)O. The summed E-state index contributed by atoms with van der Waals surface area (Å²) < 4.78 is 0. The first-order valence-electron chi connectivity index (χ1n) is 6.48. The molecule has 0 aliphatic carbocycles. The molecule has 5 nitrogen and oxygen atoms in total. The van der Waals surface area contributed by atoms with E-state index in [0.717, 1.165) is 0 Å². The monoisotopic (exact) mass is 319 g/mol. The van der Waals surface area contributed by atoms with Crippen LogP contribution >= 0.6 is 11.6 Å². The molecule has 0 amide bonds. The first kappa shape index (κ1) is 16.0. The third kappa shape index (κ3) is 3.84. The van der Waals surface area contributed by atoms with Crippen molar-refractivity contribution in [1.82, 2.24) is 0 Å². The summed E-state index contributed by atoms with van der Waals surface area (Å²) in [7, 11) is 0. The van der Waals surface area contributed by atoms with Crippen LogP contribution in [0.4, 0.5) is 0 Å². The van der Waals surface area contributed by atoms with Crippen LogP contribution in [0, 0.1) is 0 Å². The topological polar surface area (TPSA) is 101 Å². The summed E-state index contributed by atoms with van der Waals surface area (Å²) >= 11 is 6.06. The van der Waals surface area contributed by atoms with E-state index in [1.807, 2.05) is 0 Å². The number of aliphatic carboxylic acids is 1. The zero-order chi connectivity index (χ0) is 16.3. The van der Waals surface area contributed by atoms with Crippen molar-refractivity contribution in [2.24, 2.45) is 5.73 Å². The highest BCUT2D eigenvalue weighted by Crippen LogP contribution is 2.26. The van der Waals surface area contributed by atoms with E-state index in [0.29, 0.717) is 21.7 Å². The van der Waals surface area contributed by atoms with Crippen LogP contribution in [-0.4, -0.2) is 28.2 Å². The molecule has 1 unspecified atom stereocenters. The van der Waals surface area contributed by atoms with Gasteiger partial charge in [0.25, 0.3) is 0 Å². The summed E-state index contributed by atoms with van der Waals surface area (Å²) in [5, 5.41) is 18.3. The molecular weight excluding hydrogens is 306 g/mol. The largest absolute Gasteiger partial charge is 0.480 e. The van der Waals surface area contributed by atoms with Crippen LogP contribution in [0.25, 0.3) is 11.1 Å². The Bertz CT molecular complexity index is 730. The molecule has 0 heterocycles. The normalized spacial score (nSPS) is 11.9. The van der Waals surface area contributed by atoms with Crippen LogP contribution in [0.2, 0.25) is 5.02 Å².